The van der Waals surface area contributed by atoms with E-state index >= 15 is 35.1 Å². The lowest BCUT2D eigenvalue weighted by atomic mass is 9.61. The highest BCUT2D eigenvalue weighted by Gasteiger charge is 2.43. The molecule has 19 rings (SSSR count). The fraction of sp³-hybridized carbons (Fsp3) is 0.0556. The summed E-state index contributed by atoms with van der Waals surface area (Å²) in [7, 11) is 0. The summed E-state index contributed by atoms with van der Waals surface area (Å²) in [4.78, 5) is 16.4. The number of halogens is 10. The van der Waals surface area contributed by atoms with Gasteiger partial charge in [0, 0.05) is 68.0 Å². The number of nitrogens with one attached hydrogen (secondary N) is 2. The van der Waals surface area contributed by atoms with E-state index in [1.807, 2.05) is 84.9 Å². The highest BCUT2D eigenvalue weighted by Crippen LogP contribution is 2.58. The molecule has 86 heavy (non-hydrogen) atoms. The second-order valence-electron chi connectivity index (χ2n) is 22.3. The molecule has 8 aliphatic rings. The van der Waals surface area contributed by atoms with E-state index in [9.17, 15) is 8.78 Å². The van der Waals surface area contributed by atoms with Crippen LogP contribution >= 0.6 is 0 Å². The molecule has 2 aliphatic heterocycles. The number of hydrogen-bond donors (Lipinski definition) is 2. The molecule has 6 aliphatic carbocycles. The zero-order chi connectivity index (χ0) is 58.3. The number of nitrogens with zero attached hydrogens (tertiary/aromatic N) is 2. The molecule has 4 nitrogen and oxygen atoms in total. The Morgan fingerprint density at radius 3 is 0.756 bits per heavy atom. The van der Waals surface area contributed by atoms with Gasteiger partial charge in [0.25, 0.3) is 0 Å². The molecule has 414 valence electrons. The summed E-state index contributed by atoms with van der Waals surface area (Å²) in [5, 5.41) is 0. The Morgan fingerprint density at radius 1 is 0.233 bits per heavy atom. The number of hydrogen-bond acceptors (Lipinski definition) is 2. The van der Waals surface area contributed by atoms with E-state index in [4.69, 9.17) is 9.97 Å². The standard InChI is InChI=1S/C72H36F10N4/c73-63-61(64(74)68(78)71(81)67(63)77)59-49-25-21-45(83-49)53(31-17-19-41-43(29-31)57-37-13-5-1-9-33(37)55(41)34-10-2-6-14-38(34)57)46-22-26-50(84-46)60(62-65(75)69(79)72(82)70(80)66(62)76)52-28-24-48(86-52)54(47-23-27-51(59)85-47)32-18-20-42-44(30-32)58-39-15-7-3-11-35(39)56(42)36-12-4-8-16-40(36)58/h1-30,55-58,83,86H. The van der Waals surface area contributed by atoms with Crippen LogP contribution in [-0.2, 0) is 0 Å². The van der Waals surface area contributed by atoms with Gasteiger partial charge in [0.2, 0.25) is 11.6 Å². The third-order valence-electron chi connectivity index (χ3n) is 18.1. The Balaban J connectivity index is 0.990. The first-order valence-electron chi connectivity index (χ1n) is 27.7. The topological polar surface area (TPSA) is 57.4 Å². The summed E-state index contributed by atoms with van der Waals surface area (Å²) in [5.74, 6) is -22.6. The lowest BCUT2D eigenvalue weighted by Crippen LogP contribution is -2.27. The largest absolute Gasteiger partial charge is 0.354 e. The van der Waals surface area contributed by atoms with Crippen LogP contribution in [0.3, 0.4) is 0 Å². The first kappa shape index (κ1) is 50.2. The van der Waals surface area contributed by atoms with Crippen LogP contribution in [0, 0.1) is 58.2 Å². The van der Waals surface area contributed by atoms with Crippen LogP contribution < -0.4 is 0 Å². The van der Waals surface area contributed by atoms with Gasteiger partial charge in [-0.05, 0) is 139 Å². The third-order valence-corrected chi connectivity index (χ3v) is 18.1. The van der Waals surface area contributed by atoms with Gasteiger partial charge in [-0.1, -0.05) is 121 Å². The van der Waals surface area contributed by atoms with Gasteiger partial charge < -0.3 is 9.97 Å². The smallest absolute Gasteiger partial charge is 0.200 e. The molecule has 0 fully saturated rings. The van der Waals surface area contributed by atoms with E-state index in [1.54, 1.807) is 0 Å². The molecule has 0 saturated heterocycles. The average Bonchev–Trinajstić information content (AvgIpc) is 0.910. The van der Waals surface area contributed by atoms with E-state index in [-0.39, 0.29) is 79.6 Å². The van der Waals surface area contributed by atoms with Crippen molar-refractivity contribution in [2.24, 2.45) is 0 Å². The highest BCUT2D eigenvalue weighted by molar-refractivity contribution is 6.00. The molecular formula is C72H36F10N4. The van der Waals surface area contributed by atoms with Gasteiger partial charge in [0.15, 0.2) is 46.5 Å². The third kappa shape index (κ3) is 6.77. The Bertz CT molecular complexity index is 4710. The van der Waals surface area contributed by atoms with Gasteiger partial charge in [-0.2, -0.15) is 0 Å². The second kappa shape index (κ2) is 18.1. The van der Waals surface area contributed by atoms with Crippen LogP contribution in [0.15, 0.2) is 158 Å². The summed E-state index contributed by atoms with van der Waals surface area (Å²) < 4.78 is 159. The Morgan fingerprint density at radius 2 is 0.465 bits per heavy atom. The zero-order valence-electron chi connectivity index (χ0n) is 44.3. The van der Waals surface area contributed by atoms with E-state index in [1.165, 1.54) is 48.6 Å². The van der Waals surface area contributed by atoms with Crippen molar-refractivity contribution < 1.29 is 43.9 Å². The summed E-state index contributed by atoms with van der Waals surface area (Å²) in [6, 6.07) is 50.1. The van der Waals surface area contributed by atoms with Crippen LogP contribution in [-0.4, -0.2) is 19.9 Å². The Labute approximate surface area is 481 Å². The molecule has 8 aromatic carbocycles. The lowest BCUT2D eigenvalue weighted by molar-refractivity contribution is 0.381. The van der Waals surface area contributed by atoms with Crippen LogP contribution in [0.4, 0.5) is 43.9 Å². The number of H-pyrrole nitrogens is 2. The zero-order valence-corrected chi connectivity index (χ0v) is 44.3. The molecule has 2 N–H and O–H groups in total. The summed E-state index contributed by atoms with van der Waals surface area (Å²) in [6.07, 6.45) is 5.77. The number of rotatable bonds is 4. The van der Waals surface area contributed by atoms with Gasteiger partial charge in [-0.15, -0.1) is 0 Å². The maximum atomic E-state index is 16.6. The van der Waals surface area contributed by atoms with Crippen molar-refractivity contribution in [2.45, 2.75) is 23.7 Å². The van der Waals surface area contributed by atoms with Crippen molar-refractivity contribution >= 4 is 46.4 Å². The maximum absolute atomic E-state index is 16.6. The predicted molar refractivity (Wildman–Crippen MR) is 310 cm³/mol. The van der Waals surface area contributed by atoms with Crippen LogP contribution in [0.5, 0.6) is 0 Å². The number of aromatic nitrogens is 4. The molecule has 12 bridgehead atoms. The highest BCUT2D eigenvalue weighted by atomic mass is 19.2. The normalized spacial score (nSPS) is 16.9. The molecule has 0 spiro atoms. The van der Waals surface area contributed by atoms with Gasteiger partial charge in [-0.3, -0.25) is 0 Å². The minimum absolute atomic E-state index is 0.0978. The molecular weight excluding hydrogens is 1110 g/mol. The first-order chi connectivity index (χ1) is 41.8. The molecule has 3 aromatic heterocycles. The van der Waals surface area contributed by atoms with Gasteiger partial charge in [-0.25, -0.2) is 53.9 Å². The minimum Gasteiger partial charge on any atom is -0.354 e. The fourth-order valence-corrected chi connectivity index (χ4v) is 14.6. The van der Waals surface area contributed by atoms with Crippen molar-refractivity contribution in [3.63, 3.8) is 0 Å². The summed E-state index contributed by atoms with van der Waals surface area (Å²) in [5.41, 5.74) is 10.8. The Kier molecular flexibility index (Phi) is 10.6. The first-order valence-corrected chi connectivity index (χ1v) is 27.7. The molecule has 14 heteroatoms. The van der Waals surface area contributed by atoms with E-state index in [0.717, 1.165) is 66.8 Å². The van der Waals surface area contributed by atoms with Gasteiger partial charge in [0.1, 0.15) is 0 Å². The van der Waals surface area contributed by atoms with Crippen molar-refractivity contribution in [3.05, 3.63) is 305 Å². The van der Waals surface area contributed by atoms with Crippen molar-refractivity contribution in [3.8, 4) is 44.5 Å². The number of aromatic amines is 2. The second-order valence-corrected chi connectivity index (χ2v) is 22.3. The average molecular weight is 1150 g/mol. The SMILES string of the molecule is Fc1c(F)c(F)c(-c2c3nc(c(-c4ccc5c(c4)C4c6ccccc6C5c5ccccc54)c4ccc([nH]4)c(-c4c(F)c(F)c(F)c(F)c4F)c4nc(c(-c5ccc6c(c5)C5c7ccccc7C6c6ccccc65)c5ccc2[nH]5)C=C4)C=C3)c(F)c1F. The van der Waals surface area contributed by atoms with Gasteiger partial charge >= 0.3 is 0 Å². The van der Waals surface area contributed by atoms with Crippen LogP contribution in [0.25, 0.3) is 90.9 Å². The maximum Gasteiger partial charge on any atom is 0.200 e. The van der Waals surface area contributed by atoms with Crippen LogP contribution in [0.1, 0.15) is 113 Å². The number of fused-ring (bicyclic) bond motifs is 8. The van der Waals surface area contributed by atoms with Crippen molar-refractivity contribution in [1.29, 1.82) is 0 Å². The molecule has 0 amide bonds. The molecule has 0 unspecified atom stereocenters. The fourth-order valence-electron chi connectivity index (χ4n) is 14.6. The number of benzene rings is 8. The quantitative estimate of drug-likeness (QED) is 0.105. The molecule has 0 radical (unpaired) electrons. The van der Waals surface area contributed by atoms with E-state index < -0.39 is 80.4 Å². The molecule has 11 aromatic rings. The predicted octanol–water partition coefficient (Wildman–Crippen LogP) is 18.7. The lowest BCUT2D eigenvalue weighted by Gasteiger charge is -2.42. The molecule has 5 heterocycles. The summed E-state index contributed by atoms with van der Waals surface area (Å²) in [6.45, 7) is 0. The molecule has 0 atom stereocenters. The summed E-state index contributed by atoms with van der Waals surface area (Å²) >= 11 is 0. The minimum atomic E-state index is -2.35. The van der Waals surface area contributed by atoms with Gasteiger partial charge in [0.05, 0.1) is 33.9 Å². The van der Waals surface area contributed by atoms with Crippen LogP contribution in [0.2, 0.25) is 0 Å². The van der Waals surface area contributed by atoms with Crippen molar-refractivity contribution in [1.82, 2.24) is 19.9 Å². The van der Waals surface area contributed by atoms with Crippen molar-refractivity contribution in [2.75, 3.05) is 0 Å². The molecule has 0 saturated carbocycles. The Hall–Kier alpha value is -10.3. The van der Waals surface area contributed by atoms with E-state index in [0.29, 0.717) is 11.1 Å². The monoisotopic (exact) mass is 1150 g/mol. The van der Waals surface area contributed by atoms with E-state index in [2.05, 4.69) is 58.5 Å².